The summed E-state index contributed by atoms with van der Waals surface area (Å²) in [6.07, 6.45) is 1.32. The van der Waals surface area contributed by atoms with Gasteiger partial charge in [0, 0.05) is 29.7 Å². The van der Waals surface area contributed by atoms with Crippen molar-refractivity contribution in [1.82, 2.24) is 10.3 Å². The molecule has 0 radical (unpaired) electrons. The maximum atomic E-state index is 6.34. The molecule has 0 saturated carbocycles. The van der Waals surface area contributed by atoms with Crippen LogP contribution in [0.4, 0.5) is 0 Å². The van der Waals surface area contributed by atoms with Crippen molar-refractivity contribution in [2.75, 3.05) is 13.2 Å². The predicted molar refractivity (Wildman–Crippen MR) is 80.7 cm³/mol. The molecular weight excluding hydrogens is 260 g/mol. The van der Waals surface area contributed by atoms with Gasteiger partial charge >= 0.3 is 0 Å². The summed E-state index contributed by atoms with van der Waals surface area (Å²) < 4.78 is 5.49. The molecular formula is C15H21ClN2O. The van der Waals surface area contributed by atoms with Crippen LogP contribution >= 0.6 is 11.6 Å². The average Bonchev–Trinajstić information content (AvgIpc) is 2.71. The van der Waals surface area contributed by atoms with E-state index in [0.29, 0.717) is 6.10 Å². The summed E-state index contributed by atoms with van der Waals surface area (Å²) in [5.74, 6) is 0. The molecule has 104 valence electrons. The van der Waals surface area contributed by atoms with Gasteiger partial charge in [-0.25, -0.2) is 0 Å². The minimum absolute atomic E-state index is 0.308. The molecule has 0 bridgehead atoms. The highest BCUT2D eigenvalue weighted by Crippen LogP contribution is 2.26. The van der Waals surface area contributed by atoms with E-state index in [1.807, 2.05) is 24.3 Å². The smallest absolute Gasteiger partial charge is 0.0705 e. The molecule has 2 aromatic rings. The lowest BCUT2D eigenvalue weighted by atomic mass is 10.2. The van der Waals surface area contributed by atoms with Gasteiger partial charge in [0.15, 0.2) is 0 Å². The van der Waals surface area contributed by atoms with Crippen LogP contribution in [0.5, 0.6) is 0 Å². The molecule has 2 rings (SSSR count). The normalized spacial score (nSPS) is 11.6. The van der Waals surface area contributed by atoms with Crippen molar-refractivity contribution in [1.29, 1.82) is 0 Å². The largest absolute Gasteiger partial charge is 0.379 e. The number of benzene rings is 1. The summed E-state index contributed by atoms with van der Waals surface area (Å²) in [7, 11) is 0. The van der Waals surface area contributed by atoms with Gasteiger partial charge in [0.25, 0.3) is 0 Å². The van der Waals surface area contributed by atoms with Crippen LogP contribution in [0, 0.1) is 0 Å². The van der Waals surface area contributed by atoms with Crippen LogP contribution in [0.2, 0.25) is 5.02 Å². The number of para-hydroxylation sites is 1. The summed E-state index contributed by atoms with van der Waals surface area (Å²) in [6, 6.07) is 8.09. The van der Waals surface area contributed by atoms with Crippen LogP contribution in [0.15, 0.2) is 24.3 Å². The first-order valence-corrected chi connectivity index (χ1v) is 7.13. The Hall–Kier alpha value is -1.03. The molecule has 1 aromatic carbocycles. The first kappa shape index (κ1) is 14.4. The molecule has 2 N–H and O–H groups in total. The Morgan fingerprint density at radius 3 is 2.84 bits per heavy atom. The van der Waals surface area contributed by atoms with E-state index in [-0.39, 0.29) is 0 Å². The highest BCUT2D eigenvalue weighted by molar-refractivity contribution is 6.36. The van der Waals surface area contributed by atoms with Crippen molar-refractivity contribution in [3.63, 3.8) is 0 Å². The zero-order chi connectivity index (χ0) is 13.7. The Labute approximate surface area is 119 Å². The Morgan fingerprint density at radius 2 is 2.11 bits per heavy atom. The summed E-state index contributed by atoms with van der Waals surface area (Å²) in [6.45, 7) is 6.59. The number of hydrogen-bond acceptors (Lipinski definition) is 2. The molecule has 1 heterocycles. The van der Waals surface area contributed by atoms with E-state index in [4.69, 9.17) is 16.3 Å². The molecule has 0 aliphatic carbocycles. The number of fused-ring (bicyclic) bond motifs is 1. The second-order valence-electron chi connectivity index (χ2n) is 4.91. The molecule has 0 saturated heterocycles. The van der Waals surface area contributed by atoms with E-state index < -0.39 is 0 Å². The lowest BCUT2D eigenvalue weighted by Gasteiger charge is -2.07. The van der Waals surface area contributed by atoms with Gasteiger partial charge in [-0.2, -0.15) is 0 Å². The average molecular weight is 281 g/mol. The van der Waals surface area contributed by atoms with Crippen molar-refractivity contribution < 1.29 is 4.74 Å². The summed E-state index contributed by atoms with van der Waals surface area (Å²) in [5.41, 5.74) is 2.14. The lowest BCUT2D eigenvalue weighted by Crippen LogP contribution is -2.17. The highest BCUT2D eigenvalue weighted by Gasteiger charge is 2.07. The van der Waals surface area contributed by atoms with Crippen molar-refractivity contribution in [3.05, 3.63) is 35.0 Å². The van der Waals surface area contributed by atoms with E-state index in [1.165, 1.54) is 0 Å². The molecule has 3 nitrogen and oxygen atoms in total. The van der Waals surface area contributed by atoms with Crippen LogP contribution in [0.25, 0.3) is 10.9 Å². The zero-order valence-electron chi connectivity index (χ0n) is 11.5. The van der Waals surface area contributed by atoms with Crippen LogP contribution in [-0.2, 0) is 11.3 Å². The molecule has 0 amide bonds. The number of halogens is 1. The van der Waals surface area contributed by atoms with Crippen LogP contribution in [-0.4, -0.2) is 24.2 Å². The topological polar surface area (TPSA) is 37.0 Å². The van der Waals surface area contributed by atoms with Crippen LogP contribution < -0.4 is 5.32 Å². The monoisotopic (exact) mass is 280 g/mol. The first-order chi connectivity index (χ1) is 9.18. The Morgan fingerprint density at radius 1 is 1.32 bits per heavy atom. The fourth-order valence-corrected chi connectivity index (χ4v) is 2.29. The van der Waals surface area contributed by atoms with Gasteiger partial charge in [0.2, 0.25) is 0 Å². The van der Waals surface area contributed by atoms with E-state index in [2.05, 4.69) is 24.1 Å². The number of H-pyrrole nitrogens is 1. The minimum atomic E-state index is 0.308. The predicted octanol–water partition coefficient (Wildman–Crippen LogP) is 3.73. The van der Waals surface area contributed by atoms with Gasteiger partial charge in [-0.15, -0.1) is 0 Å². The third kappa shape index (κ3) is 3.96. The van der Waals surface area contributed by atoms with Gasteiger partial charge in [-0.1, -0.05) is 29.8 Å². The number of rotatable bonds is 7. The lowest BCUT2D eigenvalue weighted by molar-refractivity contribution is 0.0770. The Balaban J connectivity index is 1.80. The zero-order valence-corrected chi connectivity index (χ0v) is 12.3. The summed E-state index contributed by atoms with van der Waals surface area (Å²) in [5, 5.41) is 5.29. The van der Waals surface area contributed by atoms with Crippen LogP contribution in [0.3, 0.4) is 0 Å². The maximum Gasteiger partial charge on any atom is 0.0705 e. The molecule has 0 aliphatic rings. The third-order valence-corrected chi connectivity index (χ3v) is 3.40. The fourth-order valence-electron chi connectivity index (χ4n) is 2.01. The van der Waals surface area contributed by atoms with Gasteiger partial charge < -0.3 is 15.0 Å². The highest BCUT2D eigenvalue weighted by atomic mass is 35.5. The Kier molecular flexibility index (Phi) is 5.25. The molecule has 0 fully saturated rings. The standard InChI is InChI=1S/C15H21ClN2O/c1-11(2)19-9-5-8-17-10-14-15(16)12-6-3-4-7-13(12)18-14/h3-4,6-7,11,17-18H,5,8-10H2,1-2H3. The molecule has 0 aliphatic heterocycles. The fraction of sp³-hybridized carbons (Fsp3) is 0.467. The van der Waals surface area contributed by atoms with Crippen molar-refractivity contribution in [2.45, 2.75) is 32.9 Å². The number of nitrogens with one attached hydrogen (secondary N) is 2. The summed E-state index contributed by atoms with van der Waals surface area (Å²) in [4.78, 5) is 3.35. The van der Waals surface area contributed by atoms with Crippen molar-refractivity contribution >= 4 is 22.5 Å². The molecule has 0 spiro atoms. The Bertz CT molecular complexity index is 522. The molecule has 4 heteroatoms. The van der Waals surface area contributed by atoms with E-state index in [9.17, 15) is 0 Å². The second-order valence-corrected chi connectivity index (χ2v) is 5.29. The number of ether oxygens (including phenoxy) is 1. The van der Waals surface area contributed by atoms with E-state index in [0.717, 1.165) is 47.7 Å². The molecule has 19 heavy (non-hydrogen) atoms. The number of aromatic amines is 1. The second kappa shape index (κ2) is 6.94. The summed E-state index contributed by atoms with van der Waals surface area (Å²) >= 11 is 6.34. The third-order valence-electron chi connectivity index (χ3n) is 2.96. The SMILES string of the molecule is CC(C)OCCCNCc1[nH]c2ccccc2c1Cl. The number of aromatic nitrogens is 1. The van der Waals surface area contributed by atoms with E-state index in [1.54, 1.807) is 0 Å². The van der Waals surface area contributed by atoms with E-state index >= 15 is 0 Å². The first-order valence-electron chi connectivity index (χ1n) is 6.76. The van der Waals surface area contributed by atoms with Gasteiger partial charge in [0.1, 0.15) is 0 Å². The maximum absolute atomic E-state index is 6.34. The number of hydrogen-bond donors (Lipinski definition) is 2. The molecule has 0 atom stereocenters. The van der Waals surface area contributed by atoms with Gasteiger partial charge in [-0.3, -0.25) is 0 Å². The van der Waals surface area contributed by atoms with Crippen molar-refractivity contribution in [2.24, 2.45) is 0 Å². The molecule has 1 aromatic heterocycles. The van der Waals surface area contributed by atoms with Gasteiger partial charge in [0.05, 0.1) is 11.1 Å². The molecule has 0 unspecified atom stereocenters. The minimum Gasteiger partial charge on any atom is -0.379 e. The van der Waals surface area contributed by atoms with Crippen molar-refractivity contribution in [3.8, 4) is 0 Å². The quantitative estimate of drug-likeness (QED) is 0.759. The van der Waals surface area contributed by atoms with Gasteiger partial charge in [-0.05, 0) is 32.9 Å². The van der Waals surface area contributed by atoms with Crippen LogP contribution in [0.1, 0.15) is 26.0 Å².